The van der Waals surface area contributed by atoms with E-state index in [9.17, 15) is 5.11 Å². The van der Waals surface area contributed by atoms with E-state index >= 15 is 0 Å². The molecule has 0 saturated carbocycles. The monoisotopic (exact) mass is 321 g/mol. The second-order valence-corrected chi connectivity index (χ2v) is 5.06. The number of hydrogen-bond acceptors (Lipinski definition) is 3. The largest absolute Gasteiger partial charge is 0.508 e. The van der Waals surface area contributed by atoms with Crippen LogP contribution in [0.4, 0.5) is 0 Å². The third kappa shape index (κ3) is 3.72. The standard InChI is InChI=1S/C15H16BrNO2/c1-19-15-7-6-11(8-13(15)16)9-17-10-12-4-2-3-5-14(12)18/h2-8,17-18H,9-10H2,1H3. The van der Waals surface area contributed by atoms with Gasteiger partial charge in [-0.3, -0.25) is 0 Å². The second-order valence-electron chi connectivity index (χ2n) is 4.20. The van der Waals surface area contributed by atoms with Crippen molar-refractivity contribution < 1.29 is 9.84 Å². The van der Waals surface area contributed by atoms with Crippen LogP contribution in [0.25, 0.3) is 0 Å². The molecule has 4 heteroatoms. The van der Waals surface area contributed by atoms with E-state index in [1.165, 1.54) is 0 Å². The lowest BCUT2D eigenvalue weighted by Gasteiger charge is -2.09. The van der Waals surface area contributed by atoms with Gasteiger partial charge in [0.25, 0.3) is 0 Å². The Morgan fingerprint density at radius 2 is 1.95 bits per heavy atom. The lowest BCUT2D eigenvalue weighted by atomic mass is 10.2. The molecule has 0 saturated heterocycles. The van der Waals surface area contributed by atoms with Crippen LogP contribution in [0, 0.1) is 0 Å². The van der Waals surface area contributed by atoms with Gasteiger partial charge in [-0.2, -0.15) is 0 Å². The summed E-state index contributed by atoms with van der Waals surface area (Å²) in [5, 5.41) is 13.0. The molecule has 0 atom stereocenters. The Labute approximate surface area is 121 Å². The molecular weight excluding hydrogens is 306 g/mol. The maximum Gasteiger partial charge on any atom is 0.133 e. The van der Waals surface area contributed by atoms with E-state index in [2.05, 4.69) is 21.2 Å². The minimum Gasteiger partial charge on any atom is -0.508 e. The molecule has 0 aromatic heterocycles. The number of phenols is 1. The summed E-state index contributed by atoms with van der Waals surface area (Å²) in [7, 11) is 1.65. The molecule has 3 nitrogen and oxygen atoms in total. The van der Waals surface area contributed by atoms with Crippen molar-refractivity contribution >= 4 is 15.9 Å². The zero-order valence-corrected chi connectivity index (χ0v) is 12.3. The lowest BCUT2D eigenvalue weighted by molar-refractivity contribution is 0.412. The Bertz CT molecular complexity index is 558. The van der Waals surface area contributed by atoms with E-state index in [4.69, 9.17) is 4.74 Å². The van der Waals surface area contributed by atoms with Crippen molar-refractivity contribution in [2.24, 2.45) is 0 Å². The van der Waals surface area contributed by atoms with Crippen LogP contribution >= 0.6 is 15.9 Å². The quantitative estimate of drug-likeness (QED) is 0.886. The molecule has 0 bridgehead atoms. The molecule has 0 amide bonds. The van der Waals surface area contributed by atoms with Crippen LogP contribution in [0.3, 0.4) is 0 Å². The highest BCUT2D eigenvalue weighted by atomic mass is 79.9. The molecule has 2 rings (SSSR count). The molecule has 0 spiro atoms. The molecule has 0 fully saturated rings. The Morgan fingerprint density at radius 1 is 1.16 bits per heavy atom. The van der Waals surface area contributed by atoms with E-state index in [0.29, 0.717) is 12.3 Å². The molecule has 0 aliphatic heterocycles. The third-order valence-corrected chi connectivity index (χ3v) is 3.47. The second kappa shape index (κ2) is 6.59. The zero-order valence-electron chi connectivity index (χ0n) is 10.7. The van der Waals surface area contributed by atoms with Gasteiger partial charge in [-0.1, -0.05) is 24.3 Å². The van der Waals surface area contributed by atoms with Crippen LogP contribution in [-0.2, 0) is 13.1 Å². The predicted octanol–water partition coefficient (Wildman–Crippen LogP) is 3.45. The van der Waals surface area contributed by atoms with Crippen LogP contribution in [0.2, 0.25) is 0 Å². The first kappa shape index (κ1) is 13.9. The molecule has 2 aromatic carbocycles. The minimum atomic E-state index is 0.325. The number of hydrogen-bond donors (Lipinski definition) is 2. The maximum atomic E-state index is 9.66. The van der Waals surface area contributed by atoms with Gasteiger partial charge in [-0.05, 0) is 39.7 Å². The van der Waals surface area contributed by atoms with Crippen molar-refractivity contribution in [3.05, 3.63) is 58.1 Å². The number of halogens is 1. The van der Waals surface area contributed by atoms with Crippen molar-refractivity contribution in [2.75, 3.05) is 7.11 Å². The molecule has 19 heavy (non-hydrogen) atoms. The molecule has 0 radical (unpaired) electrons. The predicted molar refractivity (Wildman–Crippen MR) is 79.3 cm³/mol. The Hall–Kier alpha value is -1.52. The number of phenolic OH excluding ortho intramolecular Hbond substituents is 1. The average Bonchev–Trinajstić information content (AvgIpc) is 2.41. The molecular formula is C15H16BrNO2. The van der Waals surface area contributed by atoms with Crippen molar-refractivity contribution in [1.82, 2.24) is 5.32 Å². The molecule has 0 aliphatic rings. The van der Waals surface area contributed by atoms with E-state index in [-0.39, 0.29) is 0 Å². The van der Waals surface area contributed by atoms with Crippen molar-refractivity contribution in [1.29, 1.82) is 0 Å². The summed E-state index contributed by atoms with van der Waals surface area (Å²) in [5.41, 5.74) is 2.05. The topological polar surface area (TPSA) is 41.5 Å². The van der Waals surface area contributed by atoms with Gasteiger partial charge in [-0.25, -0.2) is 0 Å². The highest BCUT2D eigenvalue weighted by Crippen LogP contribution is 2.25. The van der Waals surface area contributed by atoms with Crippen LogP contribution in [0.15, 0.2) is 46.9 Å². The first-order valence-corrected chi connectivity index (χ1v) is 6.80. The smallest absolute Gasteiger partial charge is 0.133 e. The maximum absolute atomic E-state index is 9.66. The third-order valence-electron chi connectivity index (χ3n) is 2.85. The van der Waals surface area contributed by atoms with Gasteiger partial charge in [0.2, 0.25) is 0 Å². The zero-order chi connectivity index (χ0) is 13.7. The molecule has 2 aromatic rings. The van der Waals surface area contributed by atoms with Gasteiger partial charge in [0.15, 0.2) is 0 Å². The van der Waals surface area contributed by atoms with Gasteiger partial charge in [0, 0.05) is 18.7 Å². The normalized spacial score (nSPS) is 10.4. The summed E-state index contributed by atoms with van der Waals surface area (Å²) in [6, 6.07) is 13.3. The first-order chi connectivity index (χ1) is 9.20. The summed E-state index contributed by atoms with van der Waals surface area (Å²) < 4.78 is 6.13. The number of methoxy groups -OCH3 is 1. The minimum absolute atomic E-state index is 0.325. The highest BCUT2D eigenvalue weighted by Gasteiger charge is 2.02. The summed E-state index contributed by atoms with van der Waals surface area (Å²) in [6.45, 7) is 1.37. The molecule has 0 aliphatic carbocycles. The van der Waals surface area contributed by atoms with Gasteiger partial charge >= 0.3 is 0 Å². The molecule has 2 N–H and O–H groups in total. The summed E-state index contributed by atoms with van der Waals surface area (Å²) >= 11 is 3.46. The van der Waals surface area contributed by atoms with Gasteiger partial charge in [0.05, 0.1) is 11.6 Å². The Kier molecular flexibility index (Phi) is 4.82. The van der Waals surface area contributed by atoms with Crippen LogP contribution in [-0.4, -0.2) is 12.2 Å². The Balaban J connectivity index is 1.93. The average molecular weight is 322 g/mol. The number of rotatable bonds is 5. The van der Waals surface area contributed by atoms with E-state index < -0.39 is 0 Å². The SMILES string of the molecule is COc1ccc(CNCc2ccccc2O)cc1Br. The summed E-state index contributed by atoms with van der Waals surface area (Å²) in [6.07, 6.45) is 0. The van der Waals surface area contributed by atoms with Gasteiger partial charge in [0.1, 0.15) is 11.5 Å². The highest BCUT2D eigenvalue weighted by molar-refractivity contribution is 9.10. The number of para-hydroxylation sites is 1. The summed E-state index contributed by atoms with van der Waals surface area (Å²) in [5.74, 6) is 1.15. The Morgan fingerprint density at radius 3 is 2.63 bits per heavy atom. The van der Waals surface area contributed by atoms with Crippen molar-refractivity contribution in [3.8, 4) is 11.5 Å². The number of ether oxygens (including phenoxy) is 1. The fraction of sp³-hybridized carbons (Fsp3) is 0.200. The van der Waals surface area contributed by atoms with Gasteiger partial charge in [-0.15, -0.1) is 0 Å². The molecule has 100 valence electrons. The first-order valence-electron chi connectivity index (χ1n) is 6.00. The fourth-order valence-corrected chi connectivity index (χ4v) is 2.41. The molecule has 0 unspecified atom stereocenters. The van der Waals surface area contributed by atoms with Crippen molar-refractivity contribution in [2.45, 2.75) is 13.1 Å². The lowest BCUT2D eigenvalue weighted by Crippen LogP contribution is -2.12. The van der Waals surface area contributed by atoms with E-state index in [1.54, 1.807) is 13.2 Å². The number of nitrogens with one attached hydrogen (secondary N) is 1. The summed E-state index contributed by atoms with van der Waals surface area (Å²) in [4.78, 5) is 0. The van der Waals surface area contributed by atoms with Crippen LogP contribution < -0.4 is 10.1 Å². The van der Waals surface area contributed by atoms with Crippen LogP contribution in [0.5, 0.6) is 11.5 Å². The number of benzene rings is 2. The fourth-order valence-electron chi connectivity index (χ4n) is 1.82. The van der Waals surface area contributed by atoms with Crippen molar-refractivity contribution in [3.63, 3.8) is 0 Å². The molecule has 0 heterocycles. The van der Waals surface area contributed by atoms with E-state index in [0.717, 1.165) is 27.9 Å². The van der Waals surface area contributed by atoms with Gasteiger partial charge < -0.3 is 15.2 Å². The van der Waals surface area contributed by atoms with Crippen LogP contribution in [0.1, 0.15) is 11.1 Å². The van der Waals surface area contributed by atoms with E-state index in [1.807, 2.05) is 36.4 Å². The number of aromatic hydroxyl groups is 1.